The minimum atomic E-state index is 0.00119. The molecule has 0 saturated carbocycles. The van der Waals surface area contributed by atoms with Crippen LogP contribution in [0.25, 0.3) is 0 Å². The van der Waals surface area contributed by atoms with Crippen molar-refractivity contribution in [1.29, 1.82) is 0 Å². The van der Waals surface area contributed by atoms with Gasteiger partial charge in [0.15, 0.2) is 0 Å². The topological polar surface area (TPSA) is 55.3 Å². The SMILES string of the molecule is Cc1ccc(OC2CCN(C(=O)CCCl)C2)nn1. The lowest BCUT2D eigenvalue weighted by Crippen LogP contribution is -2.31. The molecule has 1 fully saturated rings. The van der Waals surface area contributed by atoms with Gasteiger partial charge in [0.2, 0.25) is 11.8 Å². The molecule has 1 atom stereocenters. The average Bonchev–Trinajstić information content (AvgIpc) is 2.81. The zero-order valence-corrected chi connectivity index (χ0v) is 11.1. The number of alkyl halides is 1. The Morgan fingerprint density at radius 2 is 2.39 bits per heavy atom. The van der Waals surface area contributed by atoms with Gasteiger partial charge in [-0.1, -0.05) is 0 Å². The summed E-state index contributed by atoms with van der Waals surface area (Å²) in [6.45, 7) is 3.20. The van der Waals surface area contributed by atoms with Crippen molar-refractivity contribution in [2.45, 2.75) is 25.9 Å². The fourth-order valence-corrected chi connectivity index (χ4v) is 2.07. The van der Waals surface area contributed by atoms with Crippen molar-refractivity contribution in [2.24, 2.45) is 0 Å². The van der Waals surface area contributed by atoms with Gasteiger partial charge in [-0.3, -0.25) is 4.79 Å². The first-order valence-electron chi connectivity index (χ1n) is 6.00. The maximum atomic E-state index is 11.6. The highest BCUT2D eigenvalue weighted by Gasteiger charge is 2.27. The molecule has 0 spiro atoms. The molecular weight excluding hydrogens is 254 g/mol. The molecular formula is C12H16ClN3O2. The number of amides is 1. The second kappa shape index (κ2) is 6.00. The van der Waals surface area contributed by atoms with Crippen LogP contribution < -0.4 is 4.74 Å². The summed E-state index contributed by atoms with van der Waals surface area (Å²) in [6.07, 6.45) is 1.21. The van der Waals surface area contributed by atoms with Crippen molar-refractivity contribution < 1.29 is 9.53 Å². The third-order valence-corrected chi connectivity index (χ3v) is 3.06. The number of halogens is 1. The Labute approximate surface area is 111 Å². The van der Waals surface area contributed by atoms with Crippen LogP contribution >= 0.6 is 11.6 Å². The van der Waals surface area contributed by atoms with Crippen molar-refractivity contribution in [3.05, 3.63) is 17.8 Å². The first-order valence-corrected chi connectivity index (χ1v) is 6.53. The first-order chi connectivity index (χ1) is 8.69. The van der Waals surface area contributed by atoms with Crippen LogP contribution in [0.3, 0.4) is 0 Å². The predicted molar refractivity (Wildman–Crippen MR) is 67.7 cm³/mol. The highest BCUT2D eigenvalue weighted by molar-refractivity contribution is 6.18. The first kappa shape index (κ1) is 13.1. The lowest BCUT2D eigenvalue weighted by atomic mass is 10.3. The predicted octanol–water partition coefficient (Wildman–Crippen LogP) is 1.39. The maximum Gasteiger partial charge on any atom is 0.233 e. The second-order valence-electron chi connectivity index (χ2n) is 4.32. The van der Waals surface area contributed by atoms with E-state index in [1.807, 2.05) is 13.0 Å². The Kier molecular flexibility index (Phi) is 4.36. The van der Waals surface area contributed by atoms with E-state index in [1.165, 1.54) is 0 Å². The van der Waals surface area contributed by atoms with Gasteiger partial charge < -0.3 is 9.64 Å². The van der Waals surface area contributed by atoms with Crippen LogP contribution in [0, 0.1) is 6.92 Å². The van der Waals surface area contributed by atoms with Gasteiger partial charge in [0.05, 0.1) is 12.2 Å². The lowest BCUT2D eigenvalue weighted by Gasteiger charge is -2.16. The summed E-state index contributed by atoms with van der Waals surface area (Å²) >= 11 is 5.56. The van der Waals surface area contributed by atoms with E-state index in [9.17, 15) is 4.79 Å². The minimum Gasteiger partial charge on any atom is -0.471 e. The van der Waals surface area contributed by atoms with Gasteiger partial charge in [-0.15, -0.1) is 16.7 Å². The molecule has 6 heteroatoms. The highest BCUT2D eigenvalue weighted by atomic mass is 35.5. The van der Waals surface area contributed by atoms with E-state index in [2.05, 4.69) is 10.2 Å². The zero-order valence-electron chi connectivity index (χ0n) is 10.3. The van der Waals surface area contributed by atoms with Crippen molar-refractivity contribution in [3.8, 4) is 5.88 Å². The summed E-state index contributed by atoms with van der Waals surface area (Å²) in [5.74, 6) is 0.966. The summed E-state index contributed by atoms with van der Waals surface area (Å²) < 4.78 is 5.69. The van der Waals surface area contributed by atoms with Crippen LogP contribution in [0.1, 0.15) is 18.5 Å². The van der Waals surface area contributed by atoms with Crippen LogP contribution in [-0.2, 0) is 4.79 Å². The fraction of sp³-hybridized carbons (Fsp3) is 0.583. The van der Waals surface area contributed by atoms with E-state index < -0.39 is 0 Å². The molecule has 1 aliphatic heterocycles. The Morgan fingerprint density at radius 3 is 3.06 bits per heavy atom. The number of hydrogen-bond donors (Lipinski definition) is 0. The number of rotatable bonds is 4. The van der Waals surface area contributed by atoms with Crippen molar-refractivity contribution >= 4 is 17.5 Å². The van der Waals surface area contributed by atoms with E-state index in [-0.39, 0.29) is 12.0 Å². The van der Waals surface area contributed by atoms with E-state index >= 15 is 0 Å². The van der Waals surface area contributed by atoms with Gasteiger partial charge in [-0.25, -0.2) is 0 Å². The standard InChI is InChI=1S/C12H16ClN3O2/c1-9-2-3-11(15-14-9)18-10-5-7-16(8-10)12(17)4-6-13/h2-3,10H,4-8H2,1H3. The molecule has 0 bridgehead atoms. The normalized spacial score (nSPS) is 19.0. The maximum absolute atomic E-state index is 11.6. The fourth-order valence-electron chi connectivity index (χ4n) is 1.91. The molecule has 98 valence electrons. The van der Waals surface area contributed by atoms with Crippen LogP contribution in [0.4, 0.5) is 0 Å². The number of aromatic nitrogens is 2. The van der Waals surface area contributed by atoms with Crippen LogP contribution in [0.15, 0.2) is 12.1 Å². The largest absolute Gasteiger partial charge is 0.471 e. The number of likely N-dealkylation sites (tertiary alicyclic amines) is 1. The van der Waals surface area contributed by atoms with Crippen LogP contribution in [0.2, 0.25) is 0 Å². The zero-order chi connectivity index (χ0) is 13.0. The van der Waals surface area contributed by atoms with Gasteiger partial charge in [-0.2, -0.15) is 5.10 Å². The minimum absolute atomic E-state index is 0.00119. The van der Waals surface area contributed by atoms with E-state index in [0.29, 0.717) is 24.7 Å². The van der Waals surface area contributed by atoms with Crippen molar-refractivity contribution in [2.75, 3.05) is 19.0 Å². The number of aryl methyl sites for hydroxylation is 1. The molecule has 0 aliphatic carbocycles. The molecule has 1 aromatic heterocycles. The molecule has 1 saturated heterocycles. The summed E-state index contributed by atoms with van der Waals surface area (Å²) in [5, 5.41) is 7.88. The third kappa shape index (κ3) is 3.32. The van der Waals surface area contributed by atoms with Gasteiger partial charge in [-0.05, 0) is 13.0 Å². The van der Waals surface area contributed by atoms with Crippen LogP contribution in [0.5, 0.6) is 5.88 Å². The molecule has 1 aliphatic rings. The number of carbonyl (C=O) groups is 1. The molecule has 1 aromatic rings. The summed E-state index contributed by atoms with van der Waals surface area (Å²) in [4.78, 5) is 13.4. The molecule has 0 radical (unpaired) electrons. The number of nitrogens with zero attached hydrogens (tertiary/aromatic N) is 3. The summed E-state index contributed by atoms with van der Waals surface area (Å²) in [6, 6.07) is 3.65. The molecule has 1 unspecified atom stereocenters. The molecule has 2 heterocycles. The van der Waals surface area contributed by atoms with E-state index in [4.69, 9.17) is 16.3 Å². The summed E-state index contributed by atoms with van der Waals surface area (Å²) in [7, 11) is 0. The summed E-state index contributed by atoms with van der Waals surface area (Å²) in [5.41, 5.74) is 0.854. The number of carbonyl (C=O) groups excluding carboxylic acids is 1. The Hall–Kier alpha value is -1.36. The number of ether oxygens (including phenoxy) is 1. The average molecular weight is 270 g/mol. The third-order valence-electron chi connectivity index (χ3n) is 2.87. The van der Waals surface area contributed by atoms with Gasteiger partial charge in [0.1, 0.15) is 6.10 Å². The van der Waals surface area contributed by atoms with E-state index in [1.54, 1.807) is 11.0 Å². The molecule has 5 nitrogen and oxygen atoms in total. The number of hydrogen-bond acceptors (Lipinski definition) is 4. The molecule has 0 aromatic carbocycles. The Bertz CT molecular complexity index is 410. The molecule has 0 N–H and O–H groups in total. The quantitative estimate of drug-likeness (QED) is 0.775. The van der Waals surface area contributed by atoms with Gasteiger partial charge in [0, 0.05) is 31.3 Å². The van der Waals surface area contributed by atoms with Crippen molar-refractivity contribution in [1.82, 2.24) is 15.1 Å². The molecule has 18 heavy (non-hydrogen) atoms. The lowest BCUT2D eigenvalue weighted by molar-refractivity contribution is -0.130. The van der Waals surface area contributed by atoms with Gasteiger partial charge in [0.25, 0.3) is 0 Å². The second-order valence-corrected chi connectivity index (χ2v) is 4.70. The van der Waals surface area contributed by atoms with Crippen molar-refractivity contribution in [3.63, 3.8) is 0 Å². The van der Waals surface area contributed by atoms with Crippen LogP contribution in [-0.4, -0.2) is 46.1 Å². The Morgan fingerprint density at radius 1 is 1.56 bits per heavy atom. The monoisotopic (exact) mass is 269 g/mol. The van der Waals surface area contributed by atoms with Gasteiger partial charge >= 0.3 is 0 Å². The van der Waals surface area contributed by atoms with E-state index in [0.717, 1.165) is 18.7 Å². The smallest absolute Gasteiger partial charge is 0.233 e. The molecule has 2 rings (SSSR count). The molecule has 1 amide bonds. The highest BCUT2D eigenvalue weighted by Crippen LogP contribution is 2.16. The Balaban J connectivity index is 1.86.